The van der Waals surface area contributed by atoms with Crippen molar-refractivity contribution in [3.8, 4) is 11.5 Å². The Kier molecular flexibility index (Phi) is 6.02. The normalized spacial score (nSPS) is 13.6. The van der Waals surface area contributed by atoms with Gasteiger partial charge in [-0.05, 0) is 30.7 Å². The second-order valence-corrected chi connectivity index (χ2v) is 5.60. The molecule has 0 spiro atoms. The number of carbonyl (C=O) groups is 1. The van der Waals surface area contributed by atoms with E-state index in [1.54, 1.807) is 0 Å². The number of rotatable bonds is 5. The van der Waals surface area contributed by atoms with E-state index >= 15 is 0 Å². The van der Waals surface area contributed by atoms with Gasteiger partial charge in [0.1, 0.15) is 11.5 Å². The number of para-hydroxylation sites is 1. The molecule has 0 atom stereocenters. The van der Waals surface area contributed by atoms with Crippen molar-refractivity contribution >= 4 is 18.3 Å². The molecule has 1 amide bonds. The van der Waals surface area contributed by atoms with Gasteiger partial charge in [-0.25, -0.2) is 0 Å². The summed E-state index contributed by atoms with van der Waals surface area (Å²) in [5, 5.41) is 6.08. The number of hydrogen-bond acceptors (Lipinski definition) is 3. The monoisotopic (exact) mass is 332 g/mol. The van der Waals surface area contributed by atoms with Gasteiger partial charge in [-0.15, -0.1) is 12.4 Å². The molecule has 1 aliphatic heterocycles. The Hall–Kier alpha value is -2.04. The minimum atomic E-state index is 0. The summed E-state index contributed by atoms with van der Waals surface area (Å²) < 4.78 is 5.96. The van der Waals surface area contributed by atoms with Crippen LogP contribution in [-0.4, -0.2) is 19.0 Å². The summed E-state index contributed by atoms with van der Waals surface area (Å²) in [7, 11) is 0. The summed E-state index contributed by atoms with van der Waals surface area (Å²) in [4.78, 5) is 11.9. The summed E-state index contributed by atoms with van der Waals surface area (Å²) in [6.07, 6.45) is 0. The fourth-order valence-electron chi connectivity index (χ4n) is 2.36. The van der Waals surface area contributed by atoms with Gasteiger partial charge in [0.05, 0.1) is 5.92 Å². The number of halogens is 1. The molecule has 1 fully saturated rings. The van der Waals surface area contributed by atoms with Crippen molar-refractivity contribution in [2.24, 2.45) is 5.92 Å². The van der Waals surface area contributed by atoms with Crippen LogP contribution in [0.2, 0.25) is 0 Å². The number of aryl methyl sites for hydroxylation is 1. The highest BCUT2D eigenvalue weighted by Crippen LogP contribution is 2.25. The second kappa shape index (κ2) is 7.99. The largest absolute Gasteiger partial charge is 0.457 e. The summed E-state index contributed by atoms with van der Waals surface area (Å²) in [5.74, 6) is 1.79. The molecule has 2 aromatic carbocycles. The molecule has 23 heavy (non-hydrogen) atoms. The lowest BCUT2D eigenvalue weighted by Crippen LogP contribution is -2.50. The third kappa shape index (κ3) is 4.47. The second-order valence-electron chi connectivity index (χ2n) is 5.60. The fourth-order valence-corrected chi connectivity index (χ4v) is 2.36. The van der Waals surface area contributed by atoms with Crippen molar-refractivity contribution in [1.82, 2.24) is 10.6 Å². The fraction of sp³-hybridized carbons (Fsp3) is 0.278. The summed E-state index contributed by atoms with van der Waals surface area (Å²) in [6, 6.07) is 15.7. The predicted molar refractivity (Wildman–Crippen MR) is 93.1 cm³/mol. The molecule has 3 rings (SSSR count). The Morgan fingerprint density at radius 1 is 1.22 bits per heavy atom. The molecule has 0 aromatic heterocycles. The number of nitrogens with one attached hydrogen (secondary N) is 2. The SMILES string of the molecule is Cc1cccc(Oc2ccccc2CNC(=O)C2CNC2)c1.Cl. The lowest BCUT2D eigenvalue weighted by Gasteiger charge is -2.25. The molecule has 5 heteroatoms. The Morgan fingerprint density at radius 3 is 2.70 bits per heavy atom. The van der Waals surface area contributed by atoms with Gasteiger partial charge in [-0.3, -0.25) is 4.79 Å². The molecule has 0 bridgehead atoms. The molecule has 0 radical (unpaired) electrons. The van der Waals surface area contributed by atoms with Gasteiger partial charge < -0.3 is 15.4 Å². The van der Waals surface area contributed by atoms with Crippen molar-refractivity contribution in [3.05, 3.63) is 59.7 Å². The van der Waals surface area contributed by atoms with Crippen LogP contribution in [0.4, 0.5) is 0 Å². The highest BCUT2D eigenvalue weighted by Gasteiger charge is 2.24. The minimum absolute atomic E-state index is 0. The molecule has 1 saturated heterocycles. The molecule has 2 aromatic rings. The van der Waals surface area contributed by atoms with E-state index in [9.17, 15) is 4.79 Å². The maximum Gasteiger partial charge on any atom is 0.225 e. The van der Waals surface area contributed by atoms with E-state index in [1.165, 1.54) is 0 Å². The smallest absolute Gasteiger partial charge is 0.225 e. The Balaban J connectivity index is 0.00000192. The average Bonchev–Trinajstić information content (AvgIpc) is 2.44. The van der Waals surface area contributed by atoms with Crippen molar-refractivity contribution < 1.29 is 9.53 Å². The van der Waals surface area contributed by atoms with Crippen molar-refractivity contribution in [2.45, 2.75) is 13.5 Å². The number of ether oxygens (including phenoxy) is 1. The van der Waals surface area contributed by atoms with Crippen LogP contribution in [0.25, 0.3) is 0 Å². The number of benzene rings is 2. The molecule has 4 nitrogen and oxygen atoms in total. The van der Waals surface area contributed by atoms with Crippen LogP contribution in [0, 0.1) is 12.8 Å². The van der Waals surface area contributed by atoms with Crippen LogP contribution in [0.3, 0.4) is 0 Å². The first-order valence-electron chi connectivity index (χ1n) is 7.53. The van der Waals surface area contributed by atoms with Gasteiger partial charge in [0.15, 0.2) is 0 Å². The van der Waals surface area contributed by atoms with Gasteiger partial charge in [-0.1, -0.05) is 30.3 Å². The van der Waals surface area contributed by atoms with Crippen molar-refractivity contribution in [1.29, 1.82) is 0 Å². The van der Waals surface area contributed by atoms with Crippen LogP contribution < -0.4 is 15.4 Å². The van der Waals surface area contributed by atoms with E-state index in [1.807, 2.05) is 55.5 Å². The van der Waals surface area contributed by atoms with E-state index < -0.39 is 0 Å². The van der Waals surface area contributed by atoms with Crippen LogP contribution in [0.15, 0.2) is 48.5 Å². The maximum absolute atomic E-state index is 11.9. The third-order valence-electron chi connectivity index (χ3n) is 3.80. The Morgan fingerprint density at radius 2 is 2.00 bits per heavy atom. The first-order chi connectivity index (χ1) is 10.7. The average molecular weight is 333 g/mol. The molecule has 2 N–H and O–H groups in total. The van der Waals surface area contributed by atoms with Crippen molar-refractivity contribution in [2.75, 3.05) is 13.1 Å². The Bertz CT molecular complexity index is 672. The van der Waals surface area contributed by atoms with Crippen LogP contribution >= 0.6 is 12.4 Å². The first-order valence-corrected chi connectivity index (χ1v) is 7.53. The standard InChI is InChI=1S/C18H20N2O2.ClH/c1-13-5-4-7-16(9-13)22-17-8-3-2-6-14(17)12-20-18(21)15-10-19-11-15;/h2-9,15,19H,10-12H2,1H3,(H,20,21);1H. The van der Waals surface area contributed by atoms with E-state index in [-0.39, 0.29) is 24.2 Å². The van der Waals surface area contributed by atoms with Crippen molar-refractivity contribution in [3.63, 3.8) is 0 Å². The minimum Gasteiger partial charge on any atom is -0.457 e. The van der Waals surface area contributed by atoms with E-state index in [0.717, 1.165) is 35.7 Å². The van der Waals surface area contributed by atoms with Gasteiger partial charge in [0.2, 0.25) is 5.91 Å². The quantitative estimate of drug-likeness (QED) is 0.884. The third-order valence-corrected chi connectivity index (χ3v) is 3.80. The highest BCUT2D eigenvalue weighted by atomic mass is 35.5. The van der Waals surface area contributed by atoms with E-state index in [0.29, 0.717) is 6.54 Å². The molecule has 1 heterocycles. The molecule has 1 aliphatic rings. The molecular weight excluding hydrogens is 312 g/mol. The Labute approximate surface area is 142 Å². The maximum atomic E-state index is 11.9. The molecular formula is C18H21ClN2O2. The topological polar surface area (TPSA) is 50.4 Å². The zero-order valence-corrected chi connectivity index (χ0v) is 13.9. The zero-order valence-electron chi connectivity index (χ0n) is 13.0. The first kappa shape index (κ1) is 17.3. The van der Waals surface area contributed by atoms with Gasteiger partial charge >= 0.3 is 0 Å². The zero-order chi connectivity index (χ0) is 15.4. The molecule has 0 unspecified atom stereocenters. The van der Waals surface area contributed by atoms with E-state index in [4.69, 9.17) is 4.74 Å². The van der Waals surface area contributed by atoms with E-state index in [2.05, 4.69) is 10.6 Å². The van der Waals surface area contributed by atoms with Crippen LogP contribution in [-0.2, 0) is 11.3 Å². The summed E-state index contributed by atoms with van der Waals surface area (Å²) in [5.41, 5.74) is 2.13. The molecule has 0 saturated carbocycles. The van der Waals surface area contributed by atoms with Gasteiger partial charge in [-0.2, -0.15) is 0 Å². The highest BCUT2D eigenvalue weighted by molar-refractivity contribution is 5.85. The van der Waals surface area contributed by atoms with Crippen LogP contribution in [0.5, 0.6) is 11.5 Å². The molecule has 122 valence electrons. The van der Waals surface area contributed by atoms with Crippen LogP contribution in [0.1, 0.15) is 11.1 Å². The summed E-state index contributed by atoms with van der Waals surface area (Å²) in [6.45, 7) is 4.06. The number of amides is 1. The molecule has 0 aliphatic carbocycles. The van der Waals surface area contributed by atoms with Gasteiger partial charge in [0.25, 0.3) is 0 Å². The number of hydrogen-bond donors (Lipinski definition) is 2. The lowest BCUT2D eigenvalue weighted by atomic mass is 10.0. The van der Waals surface area contributed by atoms with Gasteiger partial charge in [0, 0.05) is 25.2 Å². The lowest BCUT2D eigenvalue weighted by molar-refractivity contribution is -0.126. The number of carbonyl (C=O) groups excluding carboxylic acids is 1. The summed E-state index contributed by atoms with van der Waals surface area (Å²) >= 11 is 0. The predicted octanol–water partition coefficient (Wildman–Crippen LogP) is 3.04.